The quantitative estimate of drug-likeness (QED) is 0.905. The molecule has 104 valence electrons. The number of para-hydroxylation sites is 1. The summed E-state index contributed by atoms with van der Waals surface area (Å²) in [5.41, 5.74) is 1.89. The maximum absolute atomic E-state index is 13.6. The van der Waals surface area contributed by atoms with Crippen molar-refractivity contribution < 1.29 is 19.0 Å². The Hall–Kier alpha value is -2.36. The third kappa shape index (κ3) is 3.15. The van der Waals surface area contributed by atoms with Gasteiger partial charge in [-0.1, -0.05) is 37.3 Å². The van der Waals surface area contributed by atoms with E-state index in [-0.39, 0.29) is 17.9 Å². The van der Waals surface area contributed by atoms with E-state index in [9.17, 15) is 9.18 Å². The normalized spacial score (nSPS) is 10.3. The predicted molar refractivity (Wildman–Crippen MR) is 73.5 cm³/mol. The van der Waals surface area contributed by atoms with Crippen molar-refractivity contribution in [2.45, 2.75) is 20.0 Å². The molecule has 0 fully saturated rings. The molecule has 0 heterocycles. The number of aromatic carboxylic acids is 1. The standard InChI is InChI=1S/C16H15FO3/c1-2-11-6-8-12(9-7-11)10-20-15-13(16(18)19)4-3-5-14(15)17/h3-9H,2,10H2,1H3,(H,18,19). The van der Waals surface area contributed by atoms with Crippen LogP contribution in [0.5, 0.6) is 5.75 Å². The number of carboxylic acids is 1. The Morgan fingerprint density at radius 1 is 1.15 bits per heavy atom. The van der Waals surface area contributed by atoms with Crippen LogP contribution in [0.2, 0.25) is 0 Å². The summed E-state index contributed by atoms with van der Waals surface area (Å²) in [7, 11) is 0. The minimum atomic E-state index is -1.21. The smallest absolute Gasteiger partial charge is 0.339 e. The van der Waals surface area contributed by atoms with Crippen LogP contribution in [0.3, 0.4) is 0 Å². The zero-order valence-electron chi connectivity index (χ0n) is 11.1. The van der Waals surface area contributed by atoms with Gasteiger partial charge in [0.05, 0.1) is 0 Å². The van der Waals surface area contributed by atoms with E-state index in [1.54, 1.807) is 0 Å². The molecule has 0 saturated carbocycles. The molecule has 3 nitrogen and oxygen atoms in total. The van der Waals surface area contributed by atoms with Crippen LogP contribution in [-0.4, -0.2) is 11.1 Å². The molecule has 20 heavy (non-hydrogen) atoms. The van der Waals surface area contributed by atoms with Crippen molar-refractivity contribution in [1.82, 2.24) is 0 Å². The average molecular weight is 274 g/mol. The van der Waals surface area contributed by atoms with Crippen molar-refractivity contribution >= 4 is 5.97 Å². The van der Waals surface area contributed by atoms with Crippen molar-refractivity contribution in [1.29, 1.82) is 0 Å². The lowest BCUT2D eigenvalue weighted by atomic mass is 10.1. The Morgan fingerprint density at radius 2 is 1.80 bits per heavy atom. The molecule has 0 unspecified atom stereocenters. The van der Waals surface area contributed by atoms with Crippen LogP contribution < -0.4 is 4.74 Å². The summed E-state index contributed by atoms with van der Waals surface area (Å²) in [6, 6.07) is 11.6. The Morgan fingerprint density at radius 3 is 2.40 bits per heavy atom. The van der Waals surface area contributed by atoms with Crippen molar-refractivity contribution in [2.75, 3.05) is 0 Å². The molecule has 0 aliphatic heterocycles. The highest BCUT2D eigenvalue weighted by Gasteiger charge is 2.15. The third-order valence-electron chi connectivity index (χ3n) is 3.01. The molecule has 0 bridgehead atoms. The fourth-order valence-electron chi connectivity index (χ4n) is 1.85. The Balaban J connectivity index is 2.16. The first-order chi connectivity index (χ1) is 9.61. The second kappa shape index (κ2) is 6.19. The highest BCUT2D eigenvalue weighted by molar-refractivity contribution is 5.90. The van der Waals surface area contributed by atoms with Crippen molar-refractivity contribution in [3.63, 3.8) is 0 Å². The fourth-order valence-corrected chi connectivity index (χ4v) is 1.85. The number of halogens is 1. The number of rotatable bonds is 5. The van der Waals surface area contributed by atoms with Gasteiger partial charge in [-0.05, 0) is 29.7 Å². The minimum absolute atomic E-state index is 0.130. The molecule has 0 atom stereocenters. The van der Waals surface area contributed by atoms with Crippen molar-refractivity contribution in [2.24, 2.45) is 0 Å². The lowest BCUT2D eigenvalue weighted by Crippen LogP contribution is -2.05. The molecular weight excluding hydrogens is 259 g/mol. The van der Waals surface area contributed by atoms with Crippen LogP contribution in [0.1, 0.15) is 28.4 Å². The van der Waals surface area contributed by atoms with E-state index in [1.807, 2.05) is 24.3 Å². The predicted octanol–water partition coefficient (Wildman–Crippen LogP) is 3.67. The summed E-state index contributed by atoms with van der Waals surface area (Å²) in [6.45, 7) is 2.19. The molecule has 1 N–H and O–H groups in total. The highest BCUT2D eigenvalue weighted by Crippen LogP contribution is 2.23. The van der Waals surface area contributed by atoms with Crippen LogP contribution in [0.4, 0.5) is 4.39 Å². The first kappa shape index (κ1) is 14.1. The first-order valence-corrected chi connectivity index (χ1v) is 6.34. The monoisotopic (exact) mass is 274 g/mol. The second-order valence-electron chi connectivity index (χ2n) is 4.38. The summed E-state index contributed by atoms with van der Waals surface area (Å²) in [4.78, 5) is 11.0. The molecule has 0 spiro atoms. The van der Waals surface area contributed by atoms with E-state index in [2.05, 4.69) is 6.92 Å². The van der Waals surface area contributed by atoms with Crippen molar-refractivity contribution in [3.8, 4) is 5.75 Å². The fraction of sp³-hybridized carbons (Fsp3) is 0.188. The van der Waals surface area contributed by atoms with Gasteiger partial charge in [0.15, 0.2) is 11.6 Å². The second-order valence-corrected chi connectivity index (χ2v) is 4.38. The van der Waals surface area contributed by atoms with Crippen LogP contribution in [0.25, 0.3) is 0 Å². The van der Waals surface area contributed by atoms with Gasteiger partial charge in [0.2, 0.25) is 0 Å². The Labute approximate surface area is 116 Å². The van der Waals surface area contributed by atoms with E-state index in [0.717, 1.165) is 12.0 Å². The summed E-state index contributed by atoms with van der Waals surface area (Å²) in [5, 5.41) is 9.01. The molecule has 0 amide bonds. The van der Waals surface area contributed by atoms with E-state index in [4.69, 9.17) is 9.84 Å². The number of hydrogen-bond donors (Lipinski definition) is 1. The molecule has 0 radical (unpaired) electrons. The molecule has 4 heteroatoms. The number of benzene rings is 2. The van der Waals surface area contributed by atoms with Crippen LogP contribution in [0.15, 0.2) is 42.5 Å². The number of aryl methyl sites for hydroxylation is 1. The van der Waals surface area contributed by atoms with E-state index in [1.165, 1.54) is 23.8 Å². The van der Waals surface area contributed by atoms with Gasteiger partial charge in [0, 0.05) is 0 Å². The van der Waals surface area contributed by atoms with Crippen molar-refractivity contribution in [3.05, 3.63) is 65.0 Å². The topological polar surface area (TPSA) is 46.5 Å². The van der Waals surface area contributed by atoms with E-state index < -0.39 is 11.8 Å². The van der Waals surface area contributed by atoms with Gasteiger partial charge >= 0.3 is 5.97 Å². The summed E-state index contributed by atoms with van der Waals surface area (Å²) >= 11 is 0. The molecule has 0 saturated heterocycles. The summed E-state index contributed by atoms with van der Waals surface area (Å²) < 4.78 is 19.0. The van der Waals surface area contributed by atoms with Gasteiger partial charge < -0.3 is 9.84 Å². The van der Waals surface area contributed by atoms with Crippen LogP contribution >= 0.6 is 0 Å². The van der Waals surface area contributed by atoms with Gasteiger partial charge in [-0.25, -0.2) is 9.18 Å². The maximum atomic E-state index is 13.6. The van der Waals surface area contributed by atoms with Crippen LogP contribution in [0, 0.1) is 5.82 Å². The lowest BCUT2D eigenvalue weighted by molar-refractivity contribution is 0.0690. The highest BCUT2D eigenvalue weighted by atomic mass is 19.1. The van der Waals surface area contributed by atoms with Gasteiger partial charge in [-0.3, -0.25) is 0 Å². The SMILES string of the molecule is CCc1ccc(COc2c(F)cccc2C(=O)O)cc1. The zero-order valence-corrected chi connectivity index (χ0v) is 11.1. The molecular formula is C16H15FO3. The molecule has 2 aromatic rings. The third-order valence-corrected chi connectivity index (χ3v) is 3.01. The van der Waals surface area contributed by atoms with Gasteiger partial charge in [-0.15, -0.1) is 0 Å². The zero-order chi connectivity index (χ0) is 14.5. The van der Waals surface area contributed by atoms with E-state index >= 15 is 0 Å². The maximum Gasteiger partial charge on any atom is 0.339 e. The Kier molecular flexibility index (Phi) is 4.35. The largest absolute Gasteiger partial charge is 0.485 e. The summed E-state index contributed by atoms with van der Waals surface area (Å²) in [6.07, 6.45) is 0.942. The van der Waals surface area contributed by atoms with E-state index in [0.29, 0.717) is 0 Å². The number of hydrogen-bond acceptors (Lipinski definition) is 2. The van der Waals surface area contributed by atoms with Gasteiger partial charge in [0.25, 0.3) is 0 Å². The Bertz CT molecular complexity index is 606. The lowest BCUT2D eigenvalue weighted by Gasteiger charge is -2.10. The molecule has 0 aliphatic carbocycles. The molecule has 2 rings (SSSR count). The van der Waals surface area contributed by atoms with Gasteiger partial charge in [0.1, 0.15) is 12.2 Å². The average Bonchev–Trinajstić information content (AvgIpc) is 2.46. The summed E-state index contributed by atoms with van der Waals surface area (Å²) in [5.74, 6) is -2.10. The van der Waals surface area contributed by atoms with Gasteiger partial charge in [-0.2, -0.15) is 0 Å². The number of carbonyl (C=O) groups is 1. The first-order valence-electron chi connectivity index (χ1n) is 6.34. The molecule has 2 aromatic carbocycles. The number of ether oxygens (including phenoxy) is 1. The van der Waals surface area contributed by atoms with Crippen LogP contribution in [-0.2, 0) is 13.0 Å². The number of carboxylic acid groups (broad SMARTS) is 1. The molecule has 0 aliphatic rings. The minimum Gasteiger partial charge on any atom is -0.485 e. The molecule has 0 aromatic heterocycles.